The van der Waals surface area contributed by atoms with Crippen molar-refractivity contribution in [2.75, 3.05) is 11.1 Å². The lowest BCUT2D eigenvalue weighted by Crippen LogP contribution is -2.17. The zero-order chi connectivity index (χ0) is 24.1. The first-order valence-electron chi connectivity index (χ1n) is 11.3. The van der Waals surface area contributed by atoms with Gasteiger partial charge in [0.15, 0.2) is 11.0 Å². The van der Waals surface area contributed by atoms with Gasteiger partial charge in [-0.15, -0.1) is 10.2 Å². The summed E-state index contributed by atoms with van der Waals surface area (Å²) in [7, 11) is 0. The molecule has 34 heavy (non-hydrogen) atoms. The van der Waals surface area contributed by atoms with Crippen molar-refractivity contribution < 1.29 is 4.79 Å². The lowest BCUT2D eigenvalue weighted by atomic mass is 10.0. The summed E-state index contributed by atoms with van der Waals surface area (Å²) in [5.74, 6) is 0.838. The summed E-state index contributed by atoms with van der Waals surface area (Å²) in [6.07, 6.45) is 1.72. The second kappa shape index (κ2) is 10.9. The SMILES string of the molecule is CCc1cccc(CC)c1NC(=O)CSc1nnc(-c2ccc(C)c(Cl)c2)n1-c1ccccc1. The highest BCUT2D eigenvalue weighted by Crippen LogP contribution is 2.30. The van der Waals surface area contributed by atoms with Gasteiger partial charge in [0.2, 0.25) is 5.91 Å². The second-order valence-corrected chi connectivity index (χ2v) is 9.29. The molecule has 0 saturated carbocycles. The number of carbonyl (C=O) groups excluding carboxylic acids is 1. The Morgan fingerprint density at radius 2 is 1.68 bits per heavy atom. The Hall–Kier alpha value is -3.09. The van der Waals surface area contributed by atoms with E-state index in [4.69, 9.17) is 11.6 Å². The first-order chi connectivity index (χ1) is 16.5. The summed E-state index contributed by atoms with van der Waals surface area (Å²) in [6.45, 7) is 6.16. The third kappa shape index (κ3) is 5.18. The maximum absolute atomic E-state index is 12.9. The molecular formula is C27H27ClN4OS. The highest BCUT2D eigenvalue weighted by molar-refractivity contribution is 7.99. The Morgan fingerprint density at radius 1 is 0.971 bits per heavy atom. The Kier molecular flexibility index (Phi) is 7.70. The van der Waals surface area contributed by atoms with Crippen molar-refractivity contribution in [2.45, 2.75) is 38.8 Å². The van der Waals surface area contributed by atoms with E-state index in [2.05, 4.69) is 41.5 Å². The number of hydrogen-bond acceptors (Lipinski definition) is 4. The summed E-state index contributed by atoms with van der Waals surface area (Å²) < 4.78 is 1.97. The number of amides is 1. The Balaban J connectivity index is 1.61. The highest BCUT2D eigenvalue weighted by Gasteiger charge is 2.18. The number of rotatable bonds is 8. The molecule has 7 heteroatoms. The lowest BCUT2D eigenvalue weighted by molar-refractivity contribution is -0.113. The summed E-state index contributed by atoms with van der Waals surface area (Å²) in [6, 6.07) is 21.9. The van der Waals surface area contributed by atoms with E-state index in [0.29, 0.717) is 16.0 Å². The van der Waals surface area contributed by atoms with E-state index in [1.54, 1.807) is 0 Å². The molecule has 0 atom stereocenters. The minimum absolute atomic E-state index is 0.0665. The molecule has 0 fully saturated rings. The van der Waals surface area contributed by atoms with Crippen molar-refractivity contribution >= 4 is 35.0 Å². The molecule has 0 spiro atoms. The minimum Gasteiger partial charge on any atom is -0.325 e. The van der Waals surface area contributed by atoms with Crippen LogP contribution in [0.4, 0.5) is 5.69 Å². The number of aryl methyl sites for hydroxylation is 3. The largest absolute Gasteiger partial charge is 0.325 e. The van der Waals surface area contributed by atoms with Gasteiger partial charge in [-0.25, -0.2) is 0 Å². The molecule has 0 bridgehead atoms. The number of halogens is 1. The van der Waals surface area contributed by atoms with Crippen LogP contribution in [0.1, 0.15) is 30.5 Å². The van der Waals surface area contributed by atoms with Crippen LogP contribution in [-0.2, 0) is 17.6 Å². The monoisotopic (exact) mass is 490 g/mol. The molecule has 174 valence electrons. The van der Waals surface area contributed by atoms with Crippen molar-refractivity contribution in [1.82, 2.24) is 14.8 Å². The summed E-state index contributed by atoms with van der Waals surface area (Å²) in [4.78, 5) is 12.9. The number of carbonyl (C=O) groups is 1. The van der Waals surface area contributed by atoms with Gasteiger partial charge in [-0.3, -0.25) is 9.36 Å². The third-order valence-corrected chi connectivity index (χ3v) is 7.01. The first kappa shape index (κ1) is 24.0. The van der Waals surface area contributed by atoms with E-state index in [9.17, 15) is 4.79 Å². The van der Waals surface area contributed by atoms with Gasteiger partial charge in [-0.05, 0) is 54.7 Å². The number of anilines is 1. The van der Waals surface area contributed by atoms with E-state index in [1.165, 1.54) is 11.8 Å². The summed E-state index contributed by atoms with van der Waals surface area (Å²) >= 11 is 7.75. The minimum atomic E-state index is -0.0665. The molecule has 3 aromatic carbocycles. The number of nitrogens with one attached hydrogen (secondary N) is 1. The molecule has 4 rings (SSSR count). The highest BCUT2D eigenvalue weighted by atomic mass is 35.5. The Labute approximate surface area is 209 Å². The lowest BCUT2D eigenvalue weighted by Gasteiger charge is -2.14. The van der Waals surface area contributed by atoms with Gasteiger partial charge in [0.05, 0.1) is 5.75 Å². The van der Waals surface area contributed by atoms with E-state index >= 15 is 0 Å². The molecule has 1 amide bonds. The van der Waals surface area contributed by atoms with Crippen LogP contribution in [0.2, 0.25) is 5.02 Å². The molecule has 0 radical (unpaired) electrons. The number of aromatic nitrogens is 3. The van der Waals surface area contributed by atoms with Crippen LogP contribution >= 0.6 is 23.4 Å². The Bertz CT molecular complexity index is 1280. The van der Waals surface area contributed by atoms with Crippen molar-refractivity contribution in [3.63, 3.8) is 0 Å². The third-order valence-electron chi connectivity index (χ3n) is 5.67. The zero-order valence-electron chi connectivity index (χ0n) is 19.5. The number of thioether (sulfide) groups is 1. The van der Waals surface area contributed by atoms with Crippen LogP contribution in [0.25, 0.3) is 17.1 Å². The fourth-order valence-corrected chi connectivity index (χ4v) is 4.73. The molecule has 4 aromatic rings. The average molecular weight is 491 g/mol. The number of para-hydroxylation sites is 2. The van der Waals surface area contributed by atoms with Crippen molar-refractivity contribution in [3.8, 4) is 17.1 Å². The molecular weight excluding hydrogens is 464 g/mol. The molecule has 0 unspecified atom stereocenters. The van der Waals surface area contributed by atoms with Crippen LogP contribution in [0.15, 0.2) is 71.9 Å². The van der Waals surface area contributed by atoms with E-state index in [0.717, 1.165) is 46.5 Å². The molecule has 5 nitrogen and oxygen atoms in total. The normalized spacial score (nSPS) is 10.9. The number of benzene rings is 3. The van der Waals surface area contributed by atoms with Crippen molar-refractivity contribution in [1.29, 1.82) is 0 Å². The van der Waals surface area contributed by atoms with Gasteiger partial charge in [0.25, 0.3) is 0 Å². The van der Waals surface area contributed by atoms with Crippen LogP contribution in [0.3, 0.4) is 0 Å². The quantitative estimate of drug-likeness (QED) is 0.277. The van der Waals surface area contributed by atoms with Gasteiger partial charge >= 0.3 is 0 Å². The van der Waals surface area contributed by atoms with Gasteiger partial charge < -0.3 is 5.32 Å². The predicted molar refractivity (Wildman–Crippen MR) is 141 cm³/mol. The fourth-order valence-electron chi connectivity index (χ4n) is 3.80. The molecule has 1 aromatic heterocycles. The molecule has 0 aliphatic heterocycles. The van der Waals surface area contributed by atoms with E-state index in [1.807, 2.05) is 66.1 Å². The fraction of sp³-hybridized carbons (Fsp3) is 0.222. The van der Waals surface area contributed by atoms with E-state index in [-0.39, 0.29) is 11.7 Å². The van der Waals surface area contributed by atoms with Crippen molar-refractivity contribution in [2.24, 2.45) is 0 Å². The Morgan fingerprint density at radius 3 is 2.32 bits per heavy atom. The standard InChI is InChI=1S/C27H27ClN4OS/c1-4-19-10-9-11-20(5-2)25(19)29-24(33)17-34-27-31-30-26(21-15-14-18(3)23(28)16-21)32(27)22-12-7-6-8-13-22/h6-16H,4-5,17H2,1-3H3,(H,29,33). The van der Waals surface area contributed by atoms with Crippen LogP contribution in [0.5, 0.6) is 0 Å². The predicted octanol–water partition coefficient (Wildman–Crippen LogP) is 6.75. The molecule has 0 aliphatic rings. The maximum Gasteiger partial charge on any atom is 0.234 e. The van der Waals surface area contributed by atoms with Gasteiger partial charge in [-0.1, -0.05) is 85.7 Å². The zero-order valence-corrected chi connectivity index (χ0v) is 21.1. The second-order valence-electron chi connectivity index (χ2n) is 7.94. The van der Waals surface area contributed by atoms with Gasteiger partial charge in [-0.2, -0.15) is 0 Å². The number of hydrogen-bond donors (Lipinski definition) is 1. The first-order valence-corrected chi connectivity index (χ1v) is 12.7. The van der Waals surface area contributed by atoms with Crippen LogP contribution in [0, 0.1) is 6.92 Å². The maximum atomic E-state index is 12.9. The summed E-state index contributed by atoms with van der Waals surface area (Å²) in [5, 5.41) is 13.3. The van der Waals surface area contributed by atoms with Crippen LogP contribution < -0.4 is 5.32 Å². The van der Waals surface area contributed by atoms with Gasteiger partial charge in [0, 0.05) is 22.0 Å². The molecule has 0 aliphatic carbocycles. The average Bonchev–Trinajstić information content (AvgIpc) is 3.29. The molecule has 1 heterocycles. The molecule has 1 N–H and O–H groups in total. The smallest absolute Gasteiger partial charge is 0.234 e. The van der Waals surface area contributed by atoms with Crippen LogP contribution in [-0.4, -0.2) is 26.4 Å². The van der Waals surface area contributed by atoms with E-state index < -0.39 is 0 Å². The topological polar surface area (TPSA) is 59.8 Å². The van der Waals surface area contributed by atoms with Gasteiger partial charge in [0.1, 0.15) is 0 Å². The number of nitrogens with zero attached hydrogens (tertiary/aromatic N) is 3. The summed E-state index contributed by atoms with van der Waals surface area (Å²) in [5.41, 5.74) is 6.01. The van der Waals surface area contributed by atoms with Crippen molar-refractivity contribution in [3.05, 3.63) is 88.4 Å². The molecule has 0 saturated heterocycles.